The van der Waals surface area contributed by atoms with E-state index in [1.165, 1.54) is 18.7 Å². The van der Waals surface area contributed by atoms with Crippen LogP contribution in [-0.2, 0) is 0 Å². The van der Waals surface area contributed by atoms with Crippen molar-refractivity contribution in [1.82, 2.24) is 20.2 Å². The molecule has 0 radical (unpaired) electrons. The molecular formula is C22H19F2N5O4. The molecule has 1 aromatic carbocycles. The minimum absolute atomic E-state index is 0.142. The molecule has 3 amide bonds. The summed E-state index contributed by atoms with van der Waals surface area (Å²) in [5.74, 6) is -3.32. The van der Waals surface area contributed by atoms with Crippen LogP contribution in [0.1, 0.15) is 44.2 Å². The Morgan fingerprint density at radius 3 is 2.36 bits per heavy atom. The molecule has 1 aliphatic heterocycles. The average molecular weight is 455 g/mol. The first kappa shape index (κ1) is 22.1. The van der Waals surface area contributed by atoms with E-state index in [0.29, 0.717) is 32.0 Å². The van der Waals surface area contributed by atoms with Crippen molar-refractivity contribution < 1.29 is 27.6 Å². The van der Waals surface area contributed by atoms with E-state index in [2.05, 4.69) is 20.6 Å². The fourth-order valence-electron chi connectivity index (χ4n) is 3.50. The van der Waals surface area contributed by atoms with E-state index in [4.69, 9.17) is 4.42 Å². The molecule has 3 heterocycles. The van der Waals surface area contributed by atoms with Crippen LogP contribution in [0.25, 0.3) is 0 Å². The van der Waals surface area contributed by atoms with Crippen molar-refractivity contribution in [3.8, 4) is 0 Å². The fourth-order valence-corrected chi connectivity index (χ4v) is 3.50. The third-order valence-electron chi connectivity index (χ3n) is 5.12. The zero-order valence-corrected chi connectivity index (χ0v) is 17.3. The Hall–Kier alpha value is -4.15. The summed E-state index contributed by atoms with van der Waals surface area (Å²) in [6, 6.07) is 5.39. The molecule has 33 heavy (non-hydrogen) atoms. The lowest BCUT2D eigenvalue weighted by atomic mass is 10.0. The molecule has 4 rings (SSSR count). The number of benzene rings is 1. The molecule has 1 aliphatic rings. The van der Waals surface area contributed by atoms with Gasteiger partial charge >= 0.3 is 0 Å². The number of furan rings is 1. The molecule has 0 atom stereocenters. The minimum Gasteiger partial charge on any atom is -0.459 e. The summed E-state index contributed by atoms with van der Waals surface area (Å²) in [6.07, 6.45) is 5.03. The summed E-state index contributed by atoms with van der Waals surface area (Å²) in [7, 11) is 0. The number of aromatic nitrogens is 2. The molecule has 2 aromatic heterocycles. The second-order valence-electron chi connectivity index (χ2n) is 7.38. The van der Waals surface area contributed by atoms with Gasteiger partial charge < -0.3 is 20.0 Å². The van der Waals surface area contributed by atoms with Crippen molar-refractivity contribution in [2.75, 3.05) is 18.4 Å². The highest BCUT2D eigenvalue weighted by Gasteiger charge is 2.27. The molecular weight excluding hydrogens is 436 g/mol. The van der Waals surface area contributed by atoms with Gasteiger partial charge in [0.25, 0.3) is 17.7 Å². The number of nitrogens with zero attached hydrogens (tertiary/aromatic N) is 3. The highest BCUT2D eigenvalue weighted by atomic mass is 19.1. The lowest BCUT2D eigenvalue weighted by Crippen LogP contribution is -2.46. The van der Waals surface area contributed by atoms with Crippen LogP contribution in [0.4, 0.5) is 14.6 Å². The molecule has 1 saturated heterocycles. The van der Waals surface area contributed by atoms with Gasteiger partial charge in [-0.2, -0.15) is 0 Å². The Morgan fingerprint density at radius 1 is 1.00 bits per heavy atom. The summed E-state index contributed by atoms with van der Waals surface area (Å²) in [4.78, 5) is 47.1. The van der Waals surface area contributed by atoms with E-state index in [9.17, 15) is 23.2 Å². The number of carbonyl (C=O) groups is 3. The Kier molecular flexibility index (Phi) is 6.38. The van der Waals surface area contributed by atoms with Crippen LogP contribution in [0.5, 0.6) is 0 Å². The summed E-state index contributed by atoms with van der Waals surface area (Å²) >= 11 is 0. The van der Waals surface area contributed by atoms with Crippen LogP contribution >= 0.6 is 0 Å². The van der Waals surface area contributed by atoms with Gasteiger partial charge in [-0.25, -0.2) is 18.7 Å². The van der Waals surface area contributed by atoms with Gasteiger partial charge in [-0.15, -0.1) is 0 Å². The van der Waals surface area contributed by atoms with Gasteiger partial charge in [0.1, 0.15) is 11.6 Å². The van der Waals surface area contributed by atoms with E-state index < -0.39 is 23.4 Å². The molecule has 3 aromatic rings. The van der Waals surface area contributed by atoms with E-state index in [1.54, 1.807) is 17.0 Å². The van der Waals surface area contributed by atoms with Gasteiger partial charge in [-0.1, -0.05) is 0 Å². The van der Waals surface area contributed by atoms with Gasteiger partial charge in [-0.3, -0.25) is 14.4 Å². The van der Waals surface area contributed by atoms with E-state index in [-0.39, 0.29) is 34.8 Å². The molecule has 0 saturated carbocycles. The SMILES string of the molecule is O=C(Nc1nccnc1C(=O)NC1CCN(C(=O)c2ccco2)CC1)c1cc(F)cc(F)c1. The van der Waals surface area contributed by atoms with Crippen molar-refractivity contribution in [3.05, 3.63) is 77.6 Å². The predicted octanol–water partition coefficient (Wildman–Crippen LogP) is 2.63. The Labute approximate surface area is 186 Å². The largest absolute Gasteiger partial charge is 0.459 e. The number of anilines is 1. The van der Waals surface area contributed by atoms with Gasteiger partial charge in [0.15, 0.2) is 17.3 Å². The first-order valence-electron chi connectivity index (χ1n) is 10.1. The summed E-state index contributed by atoms with van der Waals surface area (Å²) < 4.78 is 32.0. The smallest absolute Gasteiger partial charge is 0.289 e. The monoisotopic (exact) mass is 455 g/mol. The Morgan fingerprint density at radius 2 is 1.70 bits per heavy atom. The van der Waals surface area contributed by atoms with Crippen LogP contribution in [0, 0.1) is 11.6 Å². The van der Waals surface area contributed by atoms with Gasteiger partial charge in [-0.05, 0) is 37.1 Å². The number of hydrogen-bond acceptors (Lipinski definition) is 6. The van der Waals surface area contributed by atoms with Crippen molar-refractivity contribution in [1.29, 1.82) is 0 Å². The zero-order chi connectivity index (χ0) is 23.4. The Balaban J connectivity index is 1.38. The second-order valence-corrected chi connectivity index (χ2v) is 7.38. The highest BCUT2D eigenvalue weighted by Crippen LogP contribution is 2.17. The number of likely N-dealkylation sites (tertiary alicyclic amines) is 1. The standard InChI is InChI=1S/C22H19F2N5O4/c23-14-10-13(11-15(24)12-14)20(30)28-19-18(25-5-6-26-19)21(31)27-16-3-7-29(8-4-16)22(32)17-2-1-9-33-17/h1-2,5-6,9-12,16H,3-4,7-8H2,(H,27,31)(H,26,28,30). The topological polar surface area (TPSA) is 117 Å². The maximum atomic E-state index is 13.4. The quantitative estimate of drug-likeness (QED) is 0.611. The highest BCUT2D eigenvalue weighted by molar-refractivity contribution is 6.07. The predicted molar refractivity (Wildman–Crippen MR) is 111 cm³/mol. The summed E-state index contributed by atoms with van der Waals surface area (Å²) in [5, 5.41) is 5.19. The van der Waals surface area contributed by atoms with Crippen molar-refractivity contribution in [2.45, 2.75) is 18.9 Å². The third-order valence-corrected chi connectivity index (χ3v) is 5.12. The van der Waals surface area contributed by atoms with Gasteiger partial charge in [0.05, 0.1) is 6.26 Å². The number of hydrogen-bond donors (Lipinski definition) is 2. The van der Waals surface area contributed by atoms with Crippen LogP contribution in [0.2, 0.25) is 0 Å². The molecule has 1 fully saturated rings. The minimum atomic E-state index is -0.908. The molecule has 170 valence electrons. The van der Waals surface area contributed by atoms with Gasteiger partial charge in [0.2, 0.25) is 0 Å². The second kappa shape index (κ2) is 9.55. The zero-order valence-electron chi connectivity index (χ0n) is 17.3. The fraction of sp³-hybridized carbons (Fsp3) is 0.227. The van der Waals surface area contributed by atoms with Crippen LogP contribution in [-0.4, -0.2) is 51.7 Å². The number of amides is 3. The van der Waals surface area contributed by atoms with E-state index in [0.717, 1.165) is 12.1 Å². The first-order valence-corrected chi connectivity index (χ1v) is 10.1. The van der Waals surface area contributed by atoms with E-state index in [1.807, 2.05) is 0 Å². The van der Waals surface area contributed by atoms with Gasteiger partial charge in [0, 0.05) is 43.2 Å². The molecule has 0 unspecified atom stereocenters. The first-order chi connectivity index (χ1) is 15.9. The lowest BCUT2D eigenvalue weighted by Gasteiger charge is -2.31. The number of nitrogens with one attached hydrogen (secondary N) is 2. The molecule has 9 nitrogen and oxygen atoms in total. The van der Waals surface area contributed by atoms with E-state index >= 15 is 0 Å². The maximum absolute atomic E-state index is 13.4. The molecule has 0 spiro atoms. The van der Waals surface area contributed by atoms with Crippen molar-refractivity contribution in [2.24, 2.45) is 0 Å². The van der Waals surface area contributed by atoms with Crippen LogP contribution in [0.15, 0.2) is 53.4 Å². The third kappa shape index (κ3) is 5.20. The normalized spacial score (nSPS) is 14.1. The Bertz CT molecular complexity index is 1160. The molecule has 2 N–H and O–H groups in total. The average Bonchev–Trinajstić information content (AvgIpc) is 3.34. The summed E-state index contributed by atoms with van der Waals surface area (Å²) in [5.41, 5.74) is -0.407. The molecule has 11 heteroatoms. The maximum Gasteiger partial charge on any atom is 0.289 e. The number of carbonyl (C=O) groups excluding carboxylic acids is 3. The number of rotatable bonds is 5. The number of halogens is 2. The number of piperidine rings is 1. The molecule has 0 aliphatic carbocycles. The van der Waals surface area contributed by atoms with Crippen molar-refractivity contribution in [3.63, 3.8) is 0 Å². The van der Waals surface area contributed by atoms with Crippen LogP contribution in [0.3, 0.4) is 0 Å². The van der Waals surface area contributed by atoms with Crippen molar-refractivity contribution >= 4 is 23.5 Å². The lowest BCUT2D eigenvalue weighted by molar-refractivity contribution is 0.0667. The molecule has 0 bridgehead atoms. The van der Waals surface area contributed by atoms with Crippen LogP contribution < -0.4 is 10.6 Å². The summed E-state index contributed by atoms with van der Waals surface area (Å²) in [6.45, 7) is 0.860.